The number of carbonyl (C=O) groups excluding carboxylic acids is 1. The van der Waals surface area contributed by atoms with Crippen molar-refractivity contribution >= 4 is 23.2 Å². The zero-order valence-corrected chi connectivity index (χ0v) is 17.5. The Kier molecular flexibility index (Phi) is 5.63. The van der Waals surface area contributed by atoms with E-state index in [0.717, 1.165) is 22.6 Å². The van der Waals surface area contributed by atoms with E-state index in [2.05, 4.69) is 29.5 Å². The van der Waals surface area contributed by atoms with Crippen LogP contribution in [0.2, 0.25) is 5.02 Å². The SMILES string of the molecule is CC(C)c1ccc(NC(=O)c2ccc(-n3nncc3-c3ccc(Cl)cc3)cc2)cc1. The number of hydrogen-bond acceptors (Lipinski definition) is 3. The van der Waals surface area contributed by atoms with Crippen molar-refractivity contribution in [2.45, 2.75) is 19.8 Å². The monoisotopic (exact) mass is 416 g/mol. The molecule has 0 fully saturated rings. The molecule has 4 rings (SSSR count). The summed E-state index contributed by atoms with van der Waals surface area (Å²) in [7, 11) is 0. The third-order valence-corrected chi connectivity index (χ3v) is 5.15. The maximum absolute atomic E-state index is 12.6. The van der Waals surface area contributed by atoms with Crippen LogP contribution >= 0.6 is 11.6 Å². The summed E-state index contributed by atoms with van der Waals surface area (Å²) < 4.78 is 1.73. The molecule has 150 valence electrons. The van der Waals surface area contributed by atoms with E-state index in [4.69, 9.17) is 11.6 Å². The van der Waals surface area contributed by atoms with Gasteiger partial charge >= 0.3 is 0 Å². The summed E-state index contributed by atoms with van der Waals surface area (Å²) in [6.07, 6.45) is 1.70. The molecule has 0 atom stereocenters. The van der Waals surface area contributed by atoms with Crippen LogP contribution < -0.4 is 5.32 Å². The zero-order chi connectivity index (χ0) is 21.1. The summed E-state index contributed by atoms with van der Waals surface area (Å²) in [5.41, 5.74) is 5.19. The molecule has 0 aliphatic heterocycles. The summed E-state index contributed by atoms with van der Waals surface area (Å²) in [5, 5.41) is 11.8. The van der Waals surface area contributed by atoms with Gasteiger partial charge in [-0.3, -0.25) is 4.79 Å². The van der Waals surface area contributed by atoms with Crippen LogP contribution in [-0.4, -0.2) is 20.9 Å². The van der Waals surface area contributed by atoms with Gasteiger partial charge in [-0.15, -0.1) is 5.10 Å². The minimum absolute atomic E-state index is 0.157. The van der Waals surface area contributed by atoms with Crippen molar-refractivity contribution in [1.82, 2.24) is 15.0 Å². The van der Waals surface area contributed by atoms with Crippen LogP contribution in [0, 0.1) is 0 Å². The number of benzene rings is 3. The Morgan fingerprint density at radius 2 is 1.60 bits per heavy atom. The van der Waals surface area contributed by atoms with Crippen LogP contribution in [0.5, 0.6) is 0 Å². The Balaban J connectivity index is 1.51. The number of carbonyl (C=O) groups is 1. The molecule has 0 aliphatic rings. The number of nitrogens with one attached hydrogen (secondary N) is 1. The fraction of sp³-hybridized carbons (Fsp3) is 0.125. The first-order valence-corrected chi connectivity index (χ1v) is 10.1. The van der Waals surface area contributed by atoms with Gasteiger partial charge in [0.05, 0.1) is 17.6 Å². The second-order valence-corrected chi connectivity index (χ2v) is 7.75. The highest BCUT2D eigenvalue weighted by Gasteiger charge is 2.11. The van der Waals surface area contributed by atoms with Gasteiger partial charge in [0.25, 0.3) is 5.91 Å². The predicted octanol–water partition coefficient (Wildman–Crippen LogP) is 5.96. The molecular weight excluding hydrogens is 396 g/mol. The second kappa shape index (κ2) is 8.51. The third kappa shape index (κ3) is 4.26. The topological polar surface area (TPSA) is 59.8 Å². The van der Waals surface area contributed by atoms with E-state index < -0.39 is 0 Å². The van der Waals surface area contributed by atoms with Gasteiger partial charge in [-0.2, -0.15) is 0 Å². The Bertz CT molecular complexity index is 1150. The molecule has 0 unspecified atom stereocenters. The average molecular weight is 417 g/mol. The third-order valence-electron chi connectivity index (χ3n) is 4.90. The first-order chi connectivity index (χ1) is 14.5. The van der Waals surface area contributed by atoms with E-state index in [1.54, 1.807) is 23.0 Å². The normalized spacial score (nSPS) is 10.9. The lowest BCUT2D eigenvalue weighted by Gasteiger charge is -2.10. The van der Waals surface area contributed by atoms with Crippen molar-refractivity contribution in [1.29, 1.82) is 0 Å². The van der Waals surface area contributed by atoms with Crippen molar-refractivity contribution in [3.8, 4) is 16.9 Å². The van der Waals surface area contributed by atoms with Crippen LogP contribution in [0.3, 0.4) is 0 Å². The summed E-state index contributed by atoms with van der Waals surface area (Å²) >= 11 is 5.98. The van der Waals surface area contributed by atoms with Crippen LogP contribution in [-0.2, 0) is 0 Å². The van der Waals surface area contributed by atoms with Gasteiger partial charge in [0.15, 0.2) is 0 Å². The van der Waals surface area contributed by atoms with E-state index in [-0.39, 0.29) is 5.91 Å². The lowest BCUT2D eigenvalue weighted by molar-refractivity contribution is 0.102. The van der Waals surface area contributed by atoms with Gasteiger partial charge in [-0.1, -0.05) is 54.9 Å². The van der Waals surface area contributed by atoms with Gasteiger partial charge in [0.1, 0.15) is 0 Å². The number of anilines is 1. The van der Waals surface area contributed by atoms with Crippen LogP contribution in [0.25, 0.3) is 16.9 Å². The first-order valence-electron chi connectivity index (χ1n) is 9.69. The fourth-order valence-electron chi connectivity index (χ4n) is 3.15. The molecule has 1 amide bonds. The van der Waals surface area contributed by atoms with Crippen molar-refractivity contribution in [2.75, 3.05) is 5.32 Å². The van der Waals surface area contributed by atoms with Crippen LogP contribution in [0.1, 0.15) is 35.7 Å². The second-order valence-electron chi connectivity index (χ2n) is 7.32. The maximum atomic E-state index is 12.6. The van der Waals surface area contributed by atoms with Crippen LogP contribution in [0.15, 0.2) is 79.0 Å². The lowest BCUT2D eigenvalue weighted by atomic mass is 10.0. The Morgan fingerprint density at radius 3 is 2.23 bits per heavy atom. The van der Waals surface area contributed by atoms with Gasteiger partial charge in [-0.25, -0.2) is 4.68 Å². The Hall–Kier alpha value is -3.44. The van der Waals surface area contributed by atoms with E-state index in [1.165, 1.54) is 5.56 Å². The van der Waals surface area contributed by atoms with Crippen molar-refractivity contribution in [3.63, 3.8) is 0 Å². The minimum Gasteiger partial charge on any atom is -0.322 e. The highest BCUT2D eigenvalue weighted by molar-refractivity contribution is 6.30. The standard InChI is InChI=1S/C24H21ClN4O/c1-16(2)17-5-11-21(12-6-17)27-24(30)19-7-13-22(14-8-19)29-23(15-26-28-29)18-3-9-20(25)10-4-18/h3-16H,1-2H3,(H,27,30). The van der Waals surface area contributed by atoms with Gasteiger partial charge in [0, 0.05) is 21.8 Å². The molecule has 5 nitrogen and oxygen atoms in total. The zero-order valence-electron chi connectivity index (χ0n) is 16.7. The molecule has 3 aromatic carbocycles. The molecule has 0 radical (unpaired) electrons. The van der Waals surface area contributed by atoms with E-state index in [0.29, 0.717) is 16.5 Å². The number of nitrogens with zero attached hydrogens (tertiary/aromatic N) is 3. The van der Waals surface area contributed by atoms with E-state index >= 15 is 0 Å². The fourth-order valence-corrected chi connectivity index (χ4v) is 3.28. The minimum atomic E-state index is -0.157. The average Bonchev–Trinajstić information content (AvgIpc) is 3.24. The van der Waals surface area contributed by atoms with Gasteiger partial charge in [-0.05, 0) is 60.0 Å². The molecule has 0 spiro atoms. The van der Waals surface area contributed by atoms with E-state index in [9.17, 15) is 4.79 Å². The number of amides is 1. The highest BCUT2D eigenvalue weighted by atomic mass is 35.5. The van der Waals surface area contributed by atoms with Crippen molar-refractivity contribution < 1.29 is 4.79 Å². The lowest BCUT2D eigenvalue weighted by Crippen LogP contribution is -2.12. The molecule has 0 saturated heterocycles. The number of rotatable bonds is 5. The first kappa shape index (κ1) is 19.9. The molecule has 1 aromatic heterocycles. The predicted molar refractivity (Wildman–Crippen MR) is 120 cm³/mol. The Labute approximate surface area is 180 Å². The summed E-state index contributed by atoms with van der Waals surface area (Å²) in [5.74, 6) is 0.298. The highest BCUT2D eigenvalue weighted by Crippen LogP contribution is 2.23. The number of halogens is 1. The molecule has 1 N–H and O–H groups in total. The molecule has 4 aromatic rings. The van der Waals surface area contributed by atoms with Crippen molar-refractivity contribution in [3.05, 3.63) is 95.1 Å². The van der Waals surface area contributed by atoms with Crippen molar-refractivity contribution in [2.24, 2.45) is 0 Å². The largest absolute Gasteiger partial charge is 0.322 e. The smallest absolute Gasteiger partial charge is 0.255 e. The van der Waals surface area contributed by atoms with Gasteiger partial charge < -0.3 is 5.32 Å². The number of aromatic nitrogens is 3. The molecular formula is C24H21ClN4O. The summed E-state index contributed by atoms with van der Waals surface area (Å²) in [6, 6.07) is 22.7. The molecule has 1 heterocycles. The molecule has 0 saturated carbocycles. The quantitative estimate of drug-likeness (QED) is 0.436. The molecule has 0 bridgehead atoms. The molecule has 30 heavy (non-hydrogen) atoms. The summed E-state index contributed by atoms with van der Waals surface area (Å²) in [6.45, 7) is 4.28. The number of hydrogen-bond donors (Lipinski definition) is 1. The van der Waals surface area contributed by atoms with E-state index in [1.807, 2.05) is 60.7 Å². The van der Waals surface area contributed by atoms with Crippen LogP contribution in [0.4, 0.5) is 5.69 Å². The Morgan fingerprint density at radius 1 is 0.933 bits per heavy atom. The summed E-state index contributed by atoms with van der Waals surface area (Å²) in [4.78, 5) is 12.6. The maximum Gasteiger partial charge on any atom is 0.255 e. The molecule has 0 aliphatic carbocycles. The molecule has 6 heteroatoms. The van der Waals surface area contributed by atoms with Gasteiger partial charge in [0.2, 0.25) is 0 Å².